The highest BCUT2D eigenvalue weighted by Gasteiger charge is 2.39. The minimum atomic E-state index is -0.366. The van der Waals surface area contributed by atoms with Gasteiger partial charge >= 0.3 is 5.69 Å². The van der Waals surface area contributed by atoms with E-state index in [1.54, 1.807) is 6.07 Å². The van der Waals surface area contributed by atoms with E-state index < -0.39 is 0 Å². The zero-order valence-electron chi connectivity index (χ0n) is 11.1. The summed E-state index contributed by atoms with van der Waals surface area (Å²) in [5.41, 5.74) is 0.884. The van der Waals surface area contributed by atoms with E-state index in [1.807, 2.05) is 6.92 Å². The number of aromatic nitrogens is 1. The summed E-state index contributed by atoms with van der Waals surface area (Å²) in [5.74, 6) is 2.81. The van der Waals surface area contributed by atoms with Crippen LogP contribution in [0.3, 0.4) is 0 Å². The van der Waals surface area contributed by atoms with E-state index in [2.05, 4.69) is 10.3 Å². The van der Waals surface area contributed by atoms with Gasteiger partial charge < -0.3 is 5.32 Å². The molecule has 0 aromatic carbocycles. The van der Waals surface area contributed by atoms with Crippen molar-refractivity contribution in [3.05, 3.63) is 27.9 Å². The Labute approximate surface area is 112 Å². The molecular formula is C14H19N3O2. The van der Waals surface area contributed by atoms with Gasteiger partial charge in [0.2, 0.25) is 5.82 Å². The molecule has 1 aromatic rings. The number of nitrogens with zero attached hydrogens (tertiary/aromatic N) is 2. The molecule has 5 heteroatoms. The monoisotopic (exact) mass is 261 g/mol. The van der Waals surface area contributed by atoms with E-state index >= 15 is 0 Å². The average Bonchev–Trinajstić information content (AvgIpc) is 2.98. The van der Waals surface area contributed by atoms with Gasteiger partial charge in [-0.3, -0.25) is 10.1 Å². The lowest BCUT2D eigenvalue weighted by Gasteiger charge is -2.22. The number of aryl methyl sites for hydroxylation is 1. The summed E-state index contributed by atoms with van der Waals surface area (Å²) in [4.78, 5) is 14.9. The topological polar surface area (TPSA) is 68.1 Å². The quantitative estimate of drug-likeness (QED) is 0.667. The van der Waals surface area contributed by atoms with Crippen molar-refractivity contribution in [2.24, 2.45) is 17.8 Å². The lowest BCUT2D eigenvalue weighted by atomic mass is 9.89. The van der Waals surface area contributed by atoms with Gasteiger partial charge in [-0.1, -0.05) is 6.42 Å². The molecule has 1 heterocycles. The predicted octanol–water partition coefficient (Wildman–Crippen LogP) is 3.15. The number of pyridine rings is 1. The van der Waals surface area contributed by atoms with Crippen LogP contribution in [0.5, 0.6) is 0 Å². The molecular weight excluding hydrogens is 242 g/mol. The van der Waals surface area contributed by atoms with E-state index in [-0.39, 0.29) is 10.6 Å². The molecule has 19 heavy (non-hydrogen) atoms. The lowest BCUT2D eigenvalue weighted by Crippen LogP contribution is -2.21. The molecule has 1 N–H and O–H groups in total. The second-order valence-electron chi connectivity index (χ2n) is 5.89. The Morgan fingerprint density at radius 3 is 2.89 bits per heavy atom. The first-order valence-corrected chi connectivity index (χ1v) is 6.99. The maximum absolute atomic E-state index is 11.0. The van der Waals surface area contributed by atoms with Crippen LogP contribution in [0.1, 0.15) is 31.4 Å². The summed E-state index contributed by atoms with van der Waals surface area (Å²) in [7, 11) is 0. The lowest BCUT2D eigenvalue weighted by molar-refractivity contribution is -0.384. The smallest absolute Gasteiger partial charge is 0.311 e. The van der Waals surface area contributed by atoms with Crippen LogP contribution in [0, 0.1) is 34.8 Å². The highest BCUT2D eigenvalue weighted by Crippen LogP contribution is 2.48. The molecule has 1 aromatic heterocycles. The van der Waals surface area contributed by atoms with Gasteiger partial charge in [-0.2, -0.15) is 0 Å². The molecule has 3 unspecified atom stereocenters. The second kappa shape index (κ2) is 4.79. The van der Waals surface area contributed by atoms with Crippen molar-refractivity contribution in [2.75, 3.05) is 11.9 Å². The molecule has 2 bridgehead atoms. The molecule has 0 radical (unpaired) electrons. The van der Waals surface area contributed by atoms with Gasteiger partial charge in [-0.25, -0.2) is 4.98 Å². The van der Waals surface area contributed by atoms with Crippen molar-refractivity contribution in [1.29, 1.82) is 0 Å². The molecule has 0 amide bonds. The number of rotatable bonds is 4. The normalized spacial score (nSPS) is 28.6. The minimum absolute atomic E-state index is 0.0776. The Kier molecular flexibility index (Phi) is 3.12. The number of fused-ring (bicyclic) bond motifs is 2. The van der Waals surface area contributed by atoms with Crippen LogP contribution in [0.25, 0.3) is 0 Å². The zero-order valence-corrected chi connectivity index (χ0v) is 11.1. The van der Waals surface area contributed by atoms with Crippen molar-refractivity contribution < 1.29 is 4.92 Å². The van der Waals surface area contributed by atoms with Gasteiger partial charge in [0.05, 0.1) is 4.92 Å². The van der Waals surface area contributed by atoms with Gasteiger partial charge in [0.1, 0.15) is 0 Å². The van der Waals surface area contributed by atoms with Crippen LogP contribution in [0.15, 0.2) is 12.1 Å². The van der Waals surface area contributed by atoms with Gasteiger partial charge in [0.15, 0.2) is 0 Å². The molecule has 102 valence electrons. The third-order valence-corrected chi connectivity index (χ3v) is 4.63. The summed E-state index contributed by atoms with van der Waals surface area (Å²) >= 11 is 0. The molecule has 2 fully saturated rings. The Balaban J connectivity index is 1.69. The average molecular weight is 261 g/mol. The number of hydrogen-bond acceptors (Lipinski definition) is 4. The molecule has 0 aliphatic heterocycles. The largest absolute Gasteiger partial charge is 0.364 e. The SMILES string of the molecule is Cc1ccc([N+](=O)[O-])c(NCC2CC3CCC2C3)n1. The molecule has 5 nitrogen and oxygen atoms in total. The zero-order chi connectivity index (χ0) is 13.4. The molecule has 2 aliphatic rings. The van der Waals surface area contributed by atoms with E-state index in [0.29, 0.717) is 11.7 Å². The van der Waals surface area contributed by atoms with E-state index in [4.69, 9.17) is 0 Å². The van der Waals surface area contributed by atoms with E-state index in [0.717, 1.165) is 24.1 Å². The molecule has 0 saturated heterocycles. The maximum atomic E-state index is 11.0. The summed E-state index contributed by atoms with van der Waals surface area (Å²) in [6.07, 6.45) is 5.34. The second-order valence-corrected chi connectivity index (χ2v) is 5.89. The van der Waals surface area contributed by atoms with Gasteiger partial charge in [0.25, 0.3) is 0 Å². The summed E-state index contributed by atoms with van der Waals surface area (Å²) in [6, 6.07) is 3.21. The van der Waals surface area contributed by atoms with E-state index in [1.165, 1.54) is 31.7 Å². The third kappa shape index (κ3) is 2.41. The number of hydrogen-bond donors (Lipinski definition) is 1. The van der Waals surface area contributed by atoms with Gasteiger partial charge in [-0.05, 0) is 50.0 Å². The van der Waals surface area contributed by atoms with Crippen molar-refractivity contribution in [2.45, 2.75) is 32.6 Å². The predicted molar refractivity (Wildman–Crippen MR) is 73.1 cm³/mol. The van der Waals surface area contributed by atoms with Crippen molar-refractivity contribution in [3.63, 3.8) is 0 Å². The first-order valence-electron chi connectivity index (χ1n) is 6.99. The van der Waals surface area contributed by atoms with Gasteiger partial charge in [-0.15, -0.1) is 0 Å². The fourth-order valence-electron chi connectivity index (χ4n) is 3.68. The van der Waals surface area contributed by atoms with Crippen LogP contribution in [0.2, 0.25) is 0 Å². The molecule has 3 atom stereocenters. The van der Waals surface area contributed by atoms with Crippen LogP contribution in [0.4, 0.5) is 11.5 Å². The standard InChI is InChI=1S/C14H19N3O2/c1-9-2-5-13(17(18)19)14(16-9)15-8-12-7-10-3-4-11(12)6-10/h2,5,10-12H,3-4,6-8H2,1H3,(H,15,16). The number of anilines is 1. The Bertz CT molecular complexity index is 503. The van der Waals surface area contributed by atoms with Crippen LogP contribution >= 0.6 is 0 Å². The minimum Gasteiger partial charge on any atom is -0.364 e. The molecule has 3 rings (SSSR count). The highest BCUT2D eigenvalue weighted by atomic mass is 16.6. The highest BCUT2D eigenvalue weighted by molar-refractivity contribution is 5.56. The van der Waals surface area contributed by atoms with Crippen LogP contribution in [-0.2, 0) is 0 Å². The Morgan fingerprint density at radius 1 is 1.42 bits per heavy atom. The van der Waals surface area contributed by atoms with Gasteiger partial charge in [0, 0.05) is 18.3 Å². The number of nitro groups is 1. The van der Waals surface area contributed by atoms with Crippen LogP contribution < -0.4 is 5.32 Å². The molecule has 2 saturated carbocycles. The third-order valence-electron chi connectivity index (χ3n) is 4.63. The fraction of sp³-hybridized carbons (Fsp3) is 0.643. The van der Waals surface area contributed by atoms with Crippen LogP contribution in [-0.4, -0.2) is 16.5 Å². The summed E-state index contributed by atoms with van der Waals surface area (Å²) < 4.78 is 0. The fourth-order valence-corrected chi connectivity index (χ4v) is 3.68. The molecule has 0 spiro atoms. The first kappa shape index (κ1) is 12.4. The van der Waals surface area contributed by atoms with Crippen molar-refractivity contribution in [1.82, 2.24) is 4.98 Å². The molecule has 2 aliphatic carbocycles. The Morgan fingerprint density at radius 2 is 2.26 bits per heavy atom. The van der Waals surface area contributed by atoms with E-state index in [9.17, 15) is 10.1 Å². The Hall–Kier alpha value is -1.65. The van der Waals surface area contributed by atoms with Crippen molar-refractivity contribution in [3.8, 4) is 0 Å². The van der Waals surface area contributed by atoms with Crippen molar-refractivity contribution >= 4 is 11.5 Å². The summed E-state index contributed by atoms with van der Waals surface area (Å²) in [6.45, 7) is 2.67. The number of nitrogens with one attached hydrogen (secondary N) is 1. The first-order chi connectivity index (χ1) is 9.13. The summed E-state index contributed by atoms with van der Waals surface area (Å²) in [5, 5.41) is 14.2. The maximum Gasteiger partial charge on any atom is 0.311 e.